The molecule has 1 unspecified atom stereocenters. The van der Waals surface area contributed by atoms with Crippen LogP contribution in [0, 0.1) is 12.8 Å². The Labute approximate surface area is 180 Å². The predicted molar refractivity (Wildman–Crippen MR) is 120 cm³/mol. The summed E-state index contributed by atoms with van der Waals surface area (Å²) in [6.07, 6.45) is 4.77. The molecule has 30 heavy (non-hydrogen) atoms. The van der Waals surface area contributed by atoms with Crippen LogP contribution in [-0.2, 0) is 11.2 Å². The maximum atomic E-state index is 13.1. The number of thiazole rings is 1. The summed E-state index contributed by atoms with van der Waals surface area (Å²) in [6.45, 7) is 7.88. The van der Waals surface area contributed by atoms with Crippen LogP contribution in [0.3, 0.4) is 0 Å². The third-order valence-corrected chi connectivity index (χ3v) is 6.16. The first kappa shape index (κ1) is 22.2. The van der Waals surface area contributed by atoms with Gasteiger partial charge in [0.1, 0.15) is 23.6 Å². The molecule has 0 saturated heterocycles. The van der Waals surface area contributed by atoms with E-state index in [-0.39, 0.29) is 11.3 Å². The zero-order valence-corrected chi connectivity index (χ0v) is 18.7. The smallest absolute Gasteiger partial charge is 0.328 e. The van der Waals surface area contributed by atoms with Gasteiger partial charge in [-0.3, -0.25) is 4.79 Å². The second-order valence-corrected chi connectivity index (χ2v) is 8.68. The van der Waals surface area contributed by atoms with Gasteiger partial charge >= 0.3 is 5.97 Å². The van der Waals surface area contributed by atoms with Crippen LogP contribution in [0.25, 0.3) is 22.2 Å². The number of esters is 1. The first-order valence-corrected chi connectivity index (χ1v) is 11.2. The van der Waals surface area contributed by atoms with E-state index in [0.717, 1.165) is 29.8 Å². The number of hydrogen-bond donors (Lipinski definition) is 1. The van der Waals surface area contributed by atoms with Crippen molar-refractivity contribution >= 4 is 28.3 Å². The van der Waals surface area contributed by atoms with Gasteiger partial charge in [0.25, 0.3) is 0 Å². The summed E-state index contributed by atoms with van der Waals surface area (Å²) in [4.78, 5) is 30.0. The molecule has 2 N–H and O–H groups in total. The summed E-state index contributed by atoms with van der Waals surface area (Å²) in [5.41, 5.74) is 8.10. The Morgan fingerprint density at radius 2 is 2.10 bits per heavy atom. The first-order valence-electron chi connectivity index (χ1n) is 10.3. The minimum atomic E-state index is -0.702. The molecule has 1 aromatic carbocycles. The zero-order chi connectivity index (χ0) is 21.8. The average Bonchev–Trinajstić information content (AvgIpc) is 3.17. The van der Waals surface area contributed by atoms with Gasteiger partial charge in [-0.25, -0.2) is 9.78 Å². The van der Waals surface area contributed by atoms with Gasteiger partial charge in [0, 0.05) is 11.4 Å². The molecule has 3 aromatic rings. The monoisotopic (exact) mass is 428 g/mol. The van der Waals surface area contributed by atoms with Crippen molar-refractivity contribution in [1.82, 2.24) is 4.98 Å². The van der Waals surface area contributed by atoms with Gasteiger partial charge < -0.3 is 14.9 Å². The lowest BCUT2D eigenvalue weighted by molar-refractivity contribution is -0.137. The van der Waals surface area contributed by atoms with Crippen LogP contribution in [0.4, 0.5) is 0 Å². The Hall–Kier alpha value is -2.51. The van der Waals surface area contributed by atoms with E-state index in [2.05, 4.69) is 11.9 Å². The molecule has 0 aliphatic heterocycles. The lowest BCUT2D eigenvalue weighted by Crippen LogP contribution is -2.39. The van der Waals surface area contributed by atoms with Crippen molar-refractivity contribution in [2.24, 2.45) is 11.7 Å². The lowest BCUT2D eigenvalue weighted by Gasteiger charge is -2.18. The van der Waals surface area contributed by atoms with E-state index in [1.807, 2.05) is 26.2 Å². The normalized spacial score (nSPS) is 13.4. The fraction of sp³-hybridized carbons (Fsp3) is 0.435. The van der Waals surface area contributed by atoms with Crippen LogP contribution < -0.4 is 15.9 Å². The third-order valence-electron chi connectivity index (χ3n) is 5.39. The van der Waals surface area contributed by atoms with E-state index in [4.69, 9.17) is 14.9 Å². The van der Waals surface area contributed by atoms with Gasteiger partial charge in [0.2, 0.25) is 5.43 Å². The molecule has 160 valence electrons. The zero-order valence-electron chi connectivity index (χ0n) is 17.9. The summed E-state index contributed by atoms with van der Waals surface area (Å²) < 4.78 is 11.4. The summed E-state index contributed by atoms with van der Waals surface area (Å²) in [5, 5.41) is 3.18. The molecular formula is C23H28N2O4S. The maximum Gasteiger partial charge on any atom is 0.328 e. The standard InChI is InChI=1S/C23H28N2O4S/c1-5-7-8-15-9-16-20(10-19(15)29-23(27)21(24)13(3)6-2)28-11-17(22(16)26)18-12-30-14(4)25-18/h9-13,21H,5-8,24H2,1-4H3/t13?,21-/m1/s1. The molecule has 0 aliphatic carbocycles. The fourth-order valence-corrected chi connectivity index (χ4v) is 3.80. The third kappa shape index (κ3) is 4.63. The largest absolute Gasteiger partial charge is 0.463 e. The average molecular weight is 429 g/mol. The van der Waals surface area contributed by atoms with Crippen molar-refractivity contribution in [2.75, 3.05) is 0 Å². The number of fused-ring (bicyclic) bond motifs is 1. The molecule has 0 amide bonds. The summed E-state index contributed by atoms with van der Waals surface area (Å²) in [6, 6.07) is 2.70. The Morgan fingerprint density at radius 3 is 2.73 bits per heavy atom. The molecule has 2 aromatic heterocycles. The molecule has 0 bridgehead atoms. The SMILES string of the molecule is CCCCc1cc2c(=O)c(-c3csc(C)n3)coc2cc1OC(=O)[C@H](N)C(C)CC. The predicted octanol–water partition coefficient (Wildman–Crippen LogP) is 4.85. The summed E-state index contributed by atoms with van der Waals surface area (Å²) in [5.74, 6) is -0.0578. The number of rotatable bonds is 8. The van der Waals surface area contributed by atoms with Crippen LogP contribution in [0.2, 0.25) is 0 Å². The van der Waals surface area contributed by atoms with Gasteiger partial charge in [0.05, 0.1) is 21.7 Å². The van der Waals surface area contributed by atoms with Gasteiger partial charge in [-0.05, 0) is 37.3 Å². The van der Waals surface area contributed by atoms with E-state index in [1.54, 1.807) is 12.1 Å². The number of nitrogens with two attached hydrogens (primary N) is 1. The summed E-state index contributed by atoms with van der Waals surface area (Å²) in [7, 11) is 0. The molecular weight excluding hydrogens is 400 g/mol. The van der Waals surface area contributed by atoms with E-state index >= 15 is 0 Å². The van der Waals surface area contributed by atoms with Crippen molar-refractivity contribution in [3.05, 3.63) is 44.6 Å². The Bertz CT molecular complexity index is 1100. The molecule has 0 radical (unpaired) electrons. The number of unbranched alkanes of at least 4 members (excludes halogenated alkanes) is 1. The lowest BCUT2D eigenvalue weighted by atomic mass is 10.00. The van der Waals surface area contributed by atoms with Crippen molar-refractivity contribution in [3.63, 3.8) is 0 Å². The van der Waals surface area contributed by atoms with Crippen LogP contribution in [0.1, 0.15) is 50.6 Å². The minimum Gasteiger partial charge on any atom is -0.463 e. The van der Waals surface area contributed by atoms with Crippen LogP contribution >= 0.6 is 11.3 Å². The number of aryl methyl sites for hydroxylation is 2. The topological polar surface area (TPSA) is 95.4 Å². The number of hydrogen-bond acceptors (Lipinski definition) is 7. The number of aromatic nitrogens is 1. The van der Waals surface area contributed by atoms with Crippen LogP contribution in [0.15, 0.2) is 33.0 Å². The highest BCUT2D eigenvalue weighted by Crippen LogP contribution is 2.29. The highest BCUT2D eigenvalue weighted by molar-refractivity contribution is 7.09. The van der Waals surface area contributed by atoms with Gasteiger partial charge in [-0.15, -0.1) is 11.3 Å². The van der Waals surface area contributed by atoms with Gasteiger partial charge in [-0.1, -0.05) is 33.6 Å². The molecule has 6 nitrogen and oxygen atoms in total. The van der Waals surface area contributed by atoms with Crippen LogP contribution in [-0.4, -0.2) is 17.0 Å². The highest BCUT2D eigenvalue weighted by atomic mass is 32.1. The number of ether oxygens (including phenoxy) is 1. The van der Waals surface area contributed by atoms with Crippen molar-refractivity contribution in [3.8, 4) is 17.0 Å². The Kier molecular flexibility index (Phi) is 7.05. The van der Waals surface area contributed by atoms with Crippen molar-refractivity contribution in [2.45, 2.75) is 59.4 Å². The Balaban J connectivity index is 2.05. The van der Waals surface area contributed by atoms with Crippen molar-refractivity contribution < 1.29 is 13.9 Å². The van der Waals surface area contributed by atoms with E-state index < -0.39 is 12.0 Å². The molecule has 0 aliphatic rings. The molecule has 0 fully saturated rings. The molecule has 0 spiro atoms. The maximum absolute atomic E-state index is 13.1. The Morgan fingerprint density at radius 1 is 1.33 bits per heavy atom. The fourth-order valence-electron chi connectivity index (χ4n) is 3.19. The van der Waals surface area contributed by atoms with E-state index in [0.29, 0.717) is 34.4 Å². The minimum absolute atomic E-state index is 0.0131. The summed E-state index contributed by atoms with van der Waals surface area (Å²) >= 11 is 1.48. The number of nitrogens with zero attached hydrogens (tertiary/aromatic N) is 1. The van der Waals surface area contributed by atoms with Gasteiger partial charge in [-0.2, -0.15) is 0 Å². The van der Waals surface area contributed by atoms with Crippen LogP contribution in [0.5, 0.6) is 5.75 Å². The van der Waals surface area contributed by atoms with E-state index in [9.17, 15) is 9.59 Å². The van der Waals surface area contributed by atoms with Gasteiger partial charge in [0.15, 0.2) is 0 Å². The molecule has 0 saturated carbocycles. The molecule has 2 heterocycles. The number of carbonyl (C=O) groups is 1. The van der Waals surface area contributed by atoms with E-state index in [1.165, 1.54) is 17.6 Å². The van der Waals surface area contributed by atoms with Crippen molar-refractivity contribution in [1.29, 1.82) is 0 Å². The number of benzene rings is 1. The second kappa shape index (κ2) is 9.53. The second-order valence-electron chi connectivity index (χ2n) is 7.62. The molecule has 3 rings (SSSR count). The highest BCUT2D eigenvalue weighted by Gasteiger charge is 2.23. The molecule has 7 heteroatoms. The first-order chi connectivity index (χ1) is 14.3. The number of carbonyl (C=O) groups excluding carboxylic acids is 1. The quantitative estimate of drug-likeness (QED) is 0.407. The molecule has 2 atom stereocenters.